The predicted octanol–water partition coefficient (Wildman–Crippen LogP) is 6.03. The molecule has 0 nitrogen and oxygen atoms in total. The van der Waals surface area contributed by atoms with Crippen molar-refractivity contribution in [3.05, 3.63) is 71.3 Å². The maximum atomic E-state index is 2.25. The SMILES string of the molecule is CCS/C(=C(\CC)c1ccccc1C)c1ccccc1. The average molecular weight is 282 g/mol. The normalized spacial score (nSPS) is 12.2. The van der Waals surface area contributed by atoms with Crippen molar-refractivity contribution < 1.29 is 0 Å². The highest BCUT2D eigenvalue weighted by Gasteiger charge is 2.11. The fourth-order valence-electron chi connectivity index (χ4n) is 2.46. The molecular weight excluding hydrogens is 260 g/mol. The first-order valence-corrected chi connectivity index (χ1v) is 8.23. The summed E-state index contributed by atoms with van der Waals surface area (Å²) in [6.45, 7) is 6.67. The first-order chi connectivity index (χ1) is 9.77. The van der Waals surface area contributed by atoms with Gasteiger partial charge in [0.05, 0.1) is 0 Å². The van der Waals surface area contributed by atoms with Crippen molar-refractivity contribution in [2.45, 2.75) is 27.2 Å². The summed E-state index contributed by atoms with van der Waals surface area (Å²) in [7, 11) is 0. The molecule has 0 aliphatic carbocycles. The molecule has 2 aromatic rings. The van der Waals surface area contributed by atoms with Crippen molar-refractivity contribution in [3.63, 3.8) is 0 Å². The molecule has 0 saturated carbocycles. The van der Waals surface area contributed by atoms with Gasteiger partial charge in [0.25, 0.3) is 0 Å². The van der Waals surface area contributed by atoms with Gasteiger partial charge in [-0.25, -0.2) is 0 Å². The third kappa shape index (κ3) is 3.34. The smallest absolute Gasteiger partial charge is 0.0182 e. The first-order valence-electron chi connectivity index (χ1n) is 7.25. The van der Waals surface area contributed by atoms with E-state index >= 15 is 0 Å². The molecule has 0 unspecified atom stereocenters. The lowest BCUT2D eigenvalue weighted by molar-refractivity contribution is 1.23. The Bertz CT molecular complexity index is 582. The minimum absolute atomic E-state index is 1.06. The minimum Gasteiger partial charge on any atom is -0.126 e. The van der Waals surface area contributed by atoms with Crippen LogP contribution in [-0.2, 0) is 0 Å². The zero-order valence-corrected chi connectivity index (χ0v) is 13.3. The van der Waals surface area contributed by atoms with E-state index in [-0.39, 0.29) is 0 Å². The van der Waals surface area contributed by atoms with Crippen LogP contribution in [0.1, 0.15) is 37.0 Å². The van der Waals surface area contributed by atoms with Gasteiger partial charge in [-0.15, -0.1) is 11.8 Å². The Balaban J connectivity index is 2.60. The van der Waals surface area contributed by atoms with Gasteiger partial charge >= 0.3 is 0 Å². The van der Waals surface area contributed by atoms with Crippen molar-refractivity contribution in [1.29, 1.82) is 0 Å². The molecule has 0 aliphatic heterocycles. The Labute approximate surface area is 126 Å². The summed E-state index contributed by atoms with van der Waals surface area (Å²) in [4.78, 5) is 1.42. The summed E-state index contributed by atoms with van der Waals surface area (Å²) in [5.74, 6) is 1.10. The van der Waals surface area contributed by atoms with Crippen LogP contribution < -0.4 is 0 Å². The van der Waals surface area contributed by atoms with Gasteiger partial charge in [0.2, 0.25) is 0 Å². The zero-order chi connectivity index (χ0) is 14.4. The second-order valence-corrected chi connectivity index (χ2v) is 6.05. The lowest BCUT2D eigenvalue weighted by Gasteiger charge is -2.16. The Morgan fingerprint density at radius 3 is 2.15 bits per heavy atom. The minimum atomic E-state index is 1.06. The van der Waals surface area contributed by atoms with E-state index in [1.807, 2.05) is 11.8 Å². The van der Waals surface area contributed by atoms with Crippen molar-refractivity contribution in [2.24, 2.45) is 0 Å². The summed E-state index contributed by atoms with van der Waals surface area (Å²) in [6.07, 6.45) is 1.06. The van der Waals surface area contributed by atoms with E-state index in [1.165, 1.54) is 27.2 Å². The van der Waals surface area contributed by atoms with Gasteiger partial charge < -0.3 is 0 Å². The van der Waals surface area contributed by atoms with E-state index < -0.39 is 0 Å². The van der Waals surface area contributed by atoms with Gasteiger partial charge in [-0.05, 0) is 41.4 Å². The predicted molar refractivity (Wildman–Crippen MR) is 92.9 cm³/mol. The molecule has 2 rings (SSSR count). The van der Waals surface area contributed by atoms with Crippen LogP contribution >= 0.6 is 11.8 Å². The number of aryl methyl sites for hydroxylation is 1. The van der Waals surface area contributed by atoms with E-state index in [9.17, 15) is 0 Å². The monoisotopic (exact) mass is 282 g/mol. The molecule has 0 amide bonds. The summed E-state index contributed by atoms with van der Waals surface area (Å²) >= 11 is 1.95. The maximum absolute atomic E-state index is 2.25. The van der Waals surface area contributed by atoms with Gasteiger partial charge in [-0.2, -0.15) is 0 Å². The molecule has 0 saturated heterocycles. The van der Waals surface area contributed by atoms with Crippen LogP contribution in [0.15, 0.2) is 54.6 Å². The van der Waals surface area contributed by atoms with Crippen LogP contribution in [-0.4, -0.2) is 5.75 Å². The van der Waals surface area contributed by atoms with Crippen LogP contribution in [0.25, 0.3) is 10.5 Å². The fourth-order valence-corrected chi connectivity index (χ4v) is 3.48. The second kappa shape index (κ2) is 7.35. The molecule has 0 N–H and O–H groups in total. The van der Waals surface area contributed by atoms with Crippen molar-refractivity contribution >= 4 is 22.2 Å². The quantitative estimate of drug-likeness (QED) is 0.604. The van der Waals surface area contributed by atoms with E-state index in [2.05, 4.69) is 75.4 Å². The highest BCUT2D eigenvalue weighted by Crippen LogP contribution is 2.37. The molecule has 0 aliphatic rings. The summed E-state index contributed by atoms with van der Waals surface area (Å²) in [5, 5.41) is 0. The van der Waals surface area contributed by atoms with Crippen molar-refractivity contribution in [3.8, 4) is 0 Å². The topological polar surface area (TPSA) is 0 Å². The number of allylic oxidation sites excluding steroid dienone is 1. The molecule has 0 bridgehead atoms. The Hall–Kier alpha value is -1.47. The summed E-state index contributed by atoms with van der Waals surface area (Å²) < 4.78 is 0. The van der Waals surface area contributed by atoms with E-state index in [1.54, 1.807) is 0 Å². The molecule has 0 heterocycles. The molecule has 0 fully saturated rings. The lowest BCUT2D eigenvalue weighted by Crippen LogP contribution is -1.93. The third-order valence-electron chi connectivity index (χ3n) is 3.42. The van der Waals surface area contributed by atoms with E-state index in [0.29, 0.717) is 0 Å². The second-order valence-electron chi connectivity index (χ2n) is 4.78. The van der Waals surface area contributed by atoms with Crippen molar-refractivity contribution in [2.75, 3.05) is 5.75 Å². The summed E-state index contributed by atoms with van der Waals surface area (Å²) in [5.41, 5.74) is 5.53. The first kappa shape index (κ1) is 14.9. The maximum Gasteiger partial charge on any atom is 0.0182 e. The van der Waals surface area contributed by atoms with E-state index in [0.717, 1.165) is 12.2 Å². The molecule has 0 spiro atoms. The molecule has 0 radical (unpaired) electrons. The highest BCUT2D eigenvalue weighted by molar-refractivity contribution is 8.08. The van der Waals surface area contributed by atoms with Gasteiger partial charge in [0.15, 0.2) is 0 Å². The molecule has 104 valence electrons. The number of rotatable bonds is 5. The third-order valence-corrected chi connectivity index (χ3v) is 4.48. The van der Waals surface area contributed by atoms with Crippen molar-refractivity contribution in [1.82, 2.24) is 0 Å². The zero-order valence-electron chi connectivity index (χ0n) is 12.5. The summed E-state index contributed by atoms with van der Waals surface area (Å²) in [6, 6.07) is 19.4. The molecule has 0 atom stereocenters. The molecule has 20 heavy (non-hydrogen) atoms. The number of benzene rings is 2. The number of hydrogen-bond acceptors (Lipinski definition) is 1. The van der Waals surface area contributed by atoms with Crippen LogP contribution in [0.5, 0.6) is 0 Å². The molecule has 0 aromatic heterocycles. The largest absolute Gasteiger partial charge is 0.126 e. The molecule has 1 heteroatoms. The van der Waals surface area contributed by atoms with E-state index in [4.69, 9.17) is 0 Å². The van der Waals surface area contributed by atoms with Crippen LogP contribution in [0.2, 0.25) is 0 Å². The van der Waals surface area contributed by atoms with Gasteiger partial charge in [0, 0.05) is 4.91 Å². The van der Waals surface area contributed by atoms with Crippen LogP contribution in [0.3, 0.4) is 0 Å². The number of hydrogen-bond donors (Lipinski definition) is 0. The standard InChI is InChI=1S/C19H22S/c1-4-17(18-14-10-9-11-15(18)3)19(20-5-2)16-12-7-6-8-13-16/h6-14H,4-5H2,1-3H3/b19-17+. The van der Waals surface area contributed by atoms with Gasteiger partial charge in [0.1, 0.15) is 0 Å². The van der Waals surface area contributed by atoms with Gasteiger partial charge in [-0.1, -0.05) is 68.4 Å². The van der Waals surface area contributed by atoms with Gasteiger partial charge in [-0.3, -0.25) is 0 Å². The molecule has 2 aromatic carbocycles. The lowest BCUT2D eigenvalue weighted by atomic mass is 9.96. The molecular formula is C19H22S. The number of thioether (sulfide) groups is 1. The highest BCUT2D eigenvalue weighted by atomic mass is 32.2. The Morgan fingerprint density at radius 2 is 1.55 bits per heavy atom. The Kier molecular flexibility index (Phi) is 5.49. The van der Waals surface area contributed by atoms with Crippen LogP contribution in [0, 0.1) is 6.92 Å². The average Bonchev–Trinajstić information content (AvgIpc) is 2.50. The van der Waals surface area contributed by atoms with Crippen LogP contribution in [0.4, 0.5) is 0 Å². The Morgan fingerprint density at radius 1 is 0.900 bits per heavy atom. The fraction of sp³-hybridized carbons (Fsp3) is 0.263.